The summed E-state index contributed by atoms with van der Waals surface area (Å²) in [5, 5.41) is 0. The zero-order valence-corrected chi connectivity index (χ0v) is 53.3. The largest absolute Gasteiger partial charge is 0.462 e. The van der Waals surface area contributed by atoms with Crippen LogP contribution in [0, 0.1) is 0 Å². The van der Waals surface area contributed by atoms with E-state index in [0.29, 0.717) is 19.3 Å². The Hall–Kier alpha value is -3.93. The van der Waals surface area contributed by atoms with Gasteiger partial charge in [0.2, 0.25) is 0 Å². The van der Waals surface area contributed by atoms with Crippen molar-refractivity contribution in [3.05, 3.63) is 109 Å². The van der Waals surface area contributed by atoms with Gasteiger partial charge in [0.25, 0.3) is 0 Å². The summed E-state index contributed by atoms with van der Waals surface area (Å²) in [7, 11) is 0. The van der Waals surface area contributed by atoms with Crippen molar-refractivity contribution in [2.24, 2.45) is 0 Å². The Morgan fingerprint density at radius 1 is 0.259 bits per heavy atom. The molecule has 0 aromatic rings. The summed E-state index contributed by atoms with van der Waals surface area (Å²) in [4.78, 5) is 38.4. The molecule has 0 fully saturated rings. The van der Waals surface area contributed by atoms with Gasteiger partial charge in [-0.1, -0.05) is 310 Å². The van der Waals surface area contributed by atoms with Crippen molar-refractivity contribution in [1.82, 2.24) is 0 Å². The van der Waals surface area contributed by atoms with Crippen molar-refractivity contribution >= 4 is 17.9 Å². The first-order valence-electron chi connectivity index (χ1n) is 34.4. The first kappa shape index (κ1) is 77.1. The Balaban J connectivity index is 4.30. The van der Waals surface area contributed by atoms with Crippen LogP contribution in [0.15, 0.2) is 109 Å². The molecule has 1 atom stereocenters. The van der Waals surface area contributed by atoms with Crippen molar-refractivity contribution in [1.29, 1.82) is 0 Å². The van der Waals surface area contributed by atoms with Crippen LogP contribution in [0.4, 0.5) is 0 Å². The Morgan fingerprint density at radius 2 is 0.481 bits per heavy atom. The van der Waals surface area contributed by atoms with Crippen LogP contribution in [0.1, 0.15) is 329 Å². The van der Waals surface area contributed by atoms with Crippen LogP contribution in [-0.4, -0.2) is 37.2 Å². The zero-order valence-electron chi connectivity index (χ0n) is 53.3. The van der Waals surface area contributed by atoms with E-state index in [1.807, 2.05) is 0 Å². The highest BCUT2D eigenvalue weighted by Gasteiger charge is 2.19. The molecule has 0 amide bonds. The normalized spacial score (nSPS) is 12.8. The fraction of sp³-hybridized carbons (Fsp3) is 0.720. The van der Waals surface area contributed by atoms with E-state index in [1.165, 1.54) is 161 Å². The number of carbonyl (C=O) groups excluding carboxylic acids is 3. The molecule has 0 aliphatic rings. The first-order valence-corrected chi connectivity index (χ1v) is 34.4. The molecule has 0 aliphatic carbocycles. The number of rotatable bonds is 62. The molecule has 464 valence electrons. The Kier molecular flexibility index (Phi) is 65.2. The molecule has 0 spiro atoms. The number of unbranched alkanes of at least 4 members (excludes halogenated alkanes) is 33. The third-order valence-electron chi connectivity index (χ3n) is 14.8. The molecule has 0 rings (SSSR count). The third kappa shape index (κ3) is 66.8. The van der Waals surface area contributed by atoms with Crippen LogP contribution >= 0.6 is 0 Å². The number of hydrogen-bond donors (Lipinski definition) is 0. The molecule has 0 aromatic heterocycles. The van der Waals surface area contributed by atoms with Crippen LogP contribution < -0.4 is 0 Å². The molecule has 6 heteroatoms. The predicted octanol–water partition coefficient (Wildman–Crippen LogP) is 23.8. The van der Waals surface area contributed by atoms with Gasteiger partial charge in [-0.25, -0.2) is 0 Å². The molecule has 6 nitrogen and oxygen atoms in total. The van der Waals surface area contributed by atoms with Gasteiger partial charge in [0.05, 0.1) is 0 Å². The topological polar surface area (TPSA) is 78.9 Å². The van der Waals surface area contributed by atoms with E-state index in [2.05, 4.69) is 130 Å². The van der Waals surface area contributed by atoms with Gasteiger partial charge in [0.1, 0.15) is 13.2 Å². The molecule has 1 unspecified atom stereocenters. The maximum atomic E-state index is 12.9. The van der Waals surface area contributed by atoms with Crippen LogP contribution in [-0.2, 0) is 28.6 Å². The summed E-state index contributed by atoms with van der Waals surface area (Å²) in [6, 6.07) is 0. The van der Waals surface area contributed by atoms with Gasteiger partial charge in [-0.3, -0.25) is 14.4 Å². The number of carbonyl (C=O) groups is 3. The van der Waals surface area contributed by atoms with Gasteiger partial charge in [0.15, 0.2) is 6.10 Å². The molecular weight excluding hydrogens is 997 g/mol. The minimum absolute atomic E-state index is 0.0847. The Bertz CT molecular complexity index is 1620. The second-order valence-corrected chi connectivity index (χ2v) is 22.7. The molecule has 0 heterocycles. The zero-order chi connectivity index (χ0) is 58.5. The third-order valence-corrected chi connectivity index (χ3v) is 14.8. The summed E-state index contributed by atoms with van der Waals surface area (Å²) in [5.74, 6) is -0.895. The van der Waals surface area contributed by atoms with Gasteiger partial charge in [-0.2, -0.15) is 0 Å². The molecular formula is C75H128O6. The van der Waals surface area contributed by atoms with Gasteiger partial charge in [-0.05, 0) is 109 Å². The summed E-state index contributed by atoms with van der Waals surface area (Å²) in [6.07, 6.45) is 93.9. The first-order chi connectivity index (χ1) is 40.0. The summed E-state index contributed by atoms with van der Waals surface area (Å²) in [6.45, 7) is 6.52. The number of allylic oxidation sites excluding steroid dienone is 18. The van der Waals surface area contributed by atoms with Crippen LogP contribution in [0.25, 0.3) is 0 Å². The van der Waals surface area contributed by atoms with Crippen LogP contribution in [0.3, 0.4) is 0 Å². The van der Waals surface area contributed by atoms with Crippen molar-refractivity contribution < 1.29 is 28.6 Å². The van der Waals surface area contributed by atoms with Crippen LogP contribution in [0.5, 0.6) is 0 Å². The fourth-order valence-electron chi connectivity index (χ4n) is 9.63. The minimum atomic E-state index is -0.788. The minimum Gasteiger partial charge on any atom is -0.462 e. The molecule has 0 aliphatic heterocycles. The maximum Gasteiger partial charge on any atom is 0.306 e. The van der Waals surface area contributed by atoms with E-state index < -0.39 is 6.10 Å². The van der Waals surface area contributed by atoms with Crippen molar-refractivity contribution in [3.63, 3.8) is 0 Å². The van der Waals surface area contributed by atoms with Crippen molar-refractivity contribution in [3.8, 4) is 0 Å². The highest BCUT2D eigenvalue weighted by atomic mass is 16.6. The molecule has 0 aromatic carbocycles. The summed E-state index contributed by atoms with van der Waals surface area (Å²) < 4.78 is 16.9. The summed E-state index contributed by atoms with van der Waals surface area (Å²) in [5.41, 5.74) is 0. The van der Waals surface area contributed by atoms with E-state index in [1.54, 1.807) is 0 Å². The second-order valence-electron chi connectivity index (χ2n) is 22.7. The number of ether oxygens (including phenoxy) is 3. The van der Waals surface area contributed by atoms with Crippen molar-refractivity contribution in [2.45, 2.75) is 335 Å². The predicted molar refractivity (Wildman–Crippen MR) is 353 cm³/mol. The number of esters is 3. The lowest BCUT2D eigenvalue weighted by molar-refractivity contribution is -0.167. The quantitative estimate of drug-likeness (QED) is 0.0261. The average Bonchev–Trinajstić information content (AvgIpc) is 3.47. The van der Waals surface area contributed by atoms with E-state index in [0.717, 1.165) is 128 Å². The molecule has 0 radical (unpaired) electrons. The van der Waals surface area contributed by atoms with Crippen molar-refractivity contribution in [2.75, 3.05) is 13.2 Å². The SMILES string of the molecule is CC/C=C\C/C=C\C/C=C\C/C=C\C/C=C\C/C=C\C/C=C\C/C=C\CCCCCCCCC(=O)OCC(COC(=O)CCCCCCC/C=C\CCCCC)OC(=O)CCCCCCCCCCCCCCCCCCCCCC. The molecule has 81 heavy (non-hydrogen) atoms. The Morgan fingerprint density at radius 3 is 0.790 bits per heavy atom. The fourth-order valence-corrected chi connectivity index (χ4v) is 9.63. The van der Waals surface area contributed by atoms with E-state index >= 15 is 0 Å². The van der Waals surface area contributed by atoms with E-state index in [9.17, 15) is 14.4 Å². The van der Waals surface area contributed by atoms with Gasteiger partial charge in [0, 0.05) is 19.3 Å². The Labute approximate surface area is 501 Å². The lowest BCUT2D eigenvalue weighted by atomic mass is 10.0. The number of hydrogen-bond acceptors (Lipinski definition) is 6. The van der Waals surface area contributed by atoms with E-state index in [4.69, 9.17) is 14.2 Å². The standard InChI is InChI=1S/C75H128O6/c1-4-7-10-13-16-19-22-25-27-29-31-33-34-35-36-37-38-39-40-41-42-43-45-46-48-50-53-56-59-62-65-68-74(77)80-71-72(70-79-73(76)67-64-61-58-55-52-24-21-18-15-12-9-6-3)81-75(78)69-66-63-60-57-54-51-49-47-44-32-30-28-26-23-20-17-14-11-8-5-2/h7,10,16,18-19,21,25,27,31,33,35-36,38-39,41-42,45-46,72H,4-6,8-9,11-15,17,20,22-24,26,28-30,32,34,37,40,43-44,47-71H2,1-3H3/b10-7-,19-16-,21-18-,27-25-,33-31-,36-35-,39-38-,42-41-,46-45-. The molecule has 0 N–H and O–H groups in total. The summed E-state index contributed by atoms with van der Waals surface area (Å²) >= 11 is 0. The smallest absolute Gasteiger partial charge is 0.306 e. The van der Waals surface area contributed by atoms with Gasteiger partial charge >= 0.3 is 17.9 Å². The highest BCUT2D eigenvalue weighted by Crippen LogP contribution is 2.17. The molecule has 0 bridgehead atoms. The lowest BCUT2D eigenvalue weighted by Gasteiger charge is -2.18. The van der Waals surface area contributed by atoms with Crippen LogP contribution in [0.2, 0.25) is 0 Å². The van der Waals surface area contributed by atoms with Gasteiger partial charge in [-0.15, -0.1) is 0 Å². The highest BCUT2D eigenvalue weighted by molar-refractivity contribution is 5.71. The molecule has 0 saturated heterocycles. The average molecular weight is 1130 g/mol. The second kappa shape index (κ2) is 68.6. The van der Waals surface area contributed by atoms with E-state index in [-0.39, 0.29) is 31.1 Å². The maximum absolute atomic E-state index is 12.9. The lowest BCUT2D eigenvalue weighted by Crippen LogP contribution is -2.30. The monoisotopic (exact) mass is 1120 g/mol. The molecule has 0 saturated carbocycles. The van der Waals surface area contributed by atoms with Gasteiger partial charge < -0.3 is 14.2 Å².